The Balaban J connectivity index is 1.81. The summed E-state index contributed by atoms with van der Waals surface area (Å²) in [6.07, 6.45) is 0. The van der Waals surface area contributed by atoms with Crippen molar-refractivity contribution in [2.45, 2.75) is 4.22 Å². The van der Waals surface area contributed by atoms with Crippen molar-refractivity contribution in [3.8, 4) is 0 Å². The molecule has 0 atom stereocenters. The van der Waals surface area contributed by atoms with E-state index in [1.807, 2.05) is 0 Å². The molecular weight excluding hydrogens is 314 g/mol. The average Bonchev–Trinajstić information content (AvgIpc) is 2.32. The standard InChI is InChI=1S/C13H12Se2/c1-3-7-12(8-4-1)14-11-15-13-9-5-2-6-10-13/h1-10H,11H2. The van der Waals surface area contributed by atoms with Gasteiger partial charge in [0.25, 0.3) is 0 Å². The molecule has 0 nitrogen and oxygen atoms in total. The van der Waals surface area contributed by atoms with Gasteiger partial charge in [-0.25, -0.2) is 0 Å². The van der Waals surface area contributed by atoms with Gasteiger partial charge in [-0.05, 0) is 0 Å². The van der Waals surface area contributed by atoms with Crippen molar-refractivity contribution < 1.29 is 0 Å². The Kier molecular flexibility index (Phi) is 4.50. The molecule has 0 aliphatic rings. The van der Waals surface area contributed by atoms with Crippen LogP contribution in [0.1, 0.15) is 0 Å². The van der Waals surface area contributed by atoms with E-state index in [4.69, 9.17) is 0 Å². The number of hydrogen-bond donors (Lipinski definition) is 0. The third kappa shape index (κ3) is 3.85. The molecule has 0 amide bonds. The van der Waals surface area contributed by atoms with Crippen LogP contribution in [-0.4, -0.2) is 29.9 Å². The molecule has 0 aliphatic carbocycles. The molecule has 0 saturated heterocycles. The average molecular weight is 326 g/mol. The van der Waals surface area contributed by atoms with Crippen molar-refractivity contribution >= 4 is 38.8 Å². The molecule has 0 unspecified atom stereocenters. The first-order chi connectivity index (χ1) is 7.45. The second-order valence-corrected chi connectivity index (χ2v) is 9.29. The van der Waals surface area contributed by atoms with Crippen molar-refractivity contribution in [1.82, 2.24) is 0 Å². The molecule has 0 fully saturated rings. The number of rotatable bonds is 4. The fourth-order valence-electron chi connectivity index (χ4n) is 1.20. The van der Waals surface area contributed by atoms with Crippen LogP contribution in [-0.2, 0) is 0 Å². The summed E-state index contributed by atoms with van der Waals surface area (Å²) in [6, 6.07) is 21.6. The van der Waals surface area contributed by atoms with Crippen LogP contribution in [0.3, 0.4) is 0 Å². The Hall–Kier alpha value is -0.521. The Morgan fingerprint density at radius 3 is 1.40 bits per heavy atom. The van der Waals surface area contributed by atoms with Crippen LogP contribution in [0.15, 0.2) is 60.7 Å². The maximum absolute atomic E-state index is 2.24. The fourth-order valence-corrected chi connectivity index (χ4v) is 6.97. The normalized spacial score (nSPS) is 10.1. The Morgan fingerprint density at radius 2 is 1.00 bits per heavy atom. The van der Waals surface area contributed by atoms with Crippen LogP contribution in [0.2, 0.25) is 4.22 Å². The molecule has 0 bridgehead atoms. The summed E-state index contributed by atoms with van der Waals surface area (Å²) < 4.78 is 4.39. The Labute approximate surface area is 103 Å². The second kappa shape index (κ2) is 6.15. The maximum atomic E-state index is 2.24. The molecule has 0 aromatic heterocycles. The van der Waals surface area contributed by atoms with Gasteiger partial charge >= 0.3 is 104 Å². The van der Waals surface area contributed by atoms with E-state index in [9.17, 15) is 0 Å². The molecule has 15 heavy (non-hydrogen) atoms. The molecule has 0 saturated carbocycles. The summed E-state index contributed by atoms with van der Waals surface area (Å²) in [5.74, 6) is 0. The number of hydrogen-bond acceptors (Lipinski definition) is 0. The van der Waals surface area contributed by atoms with Gasteiger partial charge < -0.3 is 0 Å². The molecular formula is C13H12Se2. The van der Waals surface area contributed by atoms with Crippen LogP contribution in [0.4, 0.5) is 0 Å². The van der Waals surface area contributed by atoms with Crippen LogP contribution >= 0.6 is 0 Å². The van der Waals surface area contributed by atoms with E-state index >= 15 is 0 Å². The molecule has 2 aromatic rings. The topological polar surface area (TPSA) is 0 Å². The summed E-state index contributed by atoms with van der Waals surface area (Å²) in [7, 11) is 0. The van der Waals surface area contributed by atoms with E-state index in [0.29, 0.717) is 29.9 Å². The van der Waals surface area contributed by atoms with Gasteiger partial charge in [0.05, 0.1) is 0 Å². The van der Waals surface area contributed by atoms with E-state index in [1.54, 1.807) is 0 Å². The van der Waals surface area contributed by atoms with Crippen molar-refractivity contribution in [2.75, 3.05) is 0 Å². The van der Waals surface area contributed by atoms with Crippen LogP contribution in [0.5, 0.6) is 0 Å². The molecule has 2 heteroatoms. The van der Waals surface area contributed by atoms with Gasteiger partial charge in [-0.3, -0.25) is 0 Å². The summed E-state index contributed by atoms with van der Waals surface area (Å²) in [4.78, 5) is 0. The third-order valence-corrected chi connectivity index (χ3v) is 7.54. The molecule has 0 N–H and O–H groups in total. The van der Waals surface area contributed by atoms with Crippen LogP contribution < -0.4 is 8.92 Å². The quantitative estimate of drug-likeness (QED) is 0.746. The zero-order valence-electron chi connectivity index (χ0n) is 8.30. The molecule has 0 heterocycles. The van der Waals surface area contributed by atoms with Crippen molar-refractivity contribution in [3.63, 3.8) is 0 Å². The summed E-state index contributed by atoms with van der Waals surface area (Å²) in [5, 5.41) is 0. The SMILES string of the molecule is c1ccc([Se]C[Se]c2ccccc2)cc1. The summed E-state index contributed by atoms with van der Waals surface area (Å²) >= 11 is 1.30. The van der Waals surface area contributed by atoms with Gasteiger partial charge in [-0.1, -0.05) is 0 Å². The van der Waals surface area contributed by atoms with E-state index in [1.165, 1.54) is 13.1 Å². The van der Waals surface area contributed by atoms with Crippen molar-refractivity contribution in [1.29, 1.82) is 0 Å². The summed E-state index contributed by atoms with van der Waals surface area (Å²) in [6.45, 7) is 0. The predicted molar refractivity (Wildman–Crippen MR) is 68.5 cm³/mol. The van der Waals surface area contributed by atoms with Gasteiger partial charge in [0.15, 0.2) is 0 Å². The summed E-state index contributed by atoms with van der Waals surface area (Å²) in [5.41, 5.74) is 0. The second-order valence-electron chi connectivity index (χ2n) is 3.03. The van der Waals surface area contributed by atoms with Crippen molar-refractivity contribution in [2.24, 2.45) is 0 Å². The third-order valence-electron chi connectivity index (χ3n) is 1.94. The van der Waals surface area contributed by atoms with E-state index < -0.39 is 0 Å². The zero-order chi connectivity index (χ0) is 10.3. The van der Waals surface area contributed by atoms with E-state index in [0.717, 1.165) is 0 Å². The van der Waals surface area contributed by atoms with Gasteiger partial charge in [0, 0.05) is 0 Å². The van der Waals surface area contributed by atoms with Gasteiger partial charge in [0.1, 0.15) is 0 Å². The molecule has 0 radical (unpaired) electrons. The monoisotopic (exact) mass is 328 g/mol. The molecule has 2 rings (SSSR count). The molecule has 2 aromatic carbocycles. The van der Waals surface area contributed by atoms with Crippen molar-refractivity contribution in [3.05, 3.63) is 60.7 Å². The molecule has 0 spiro atoms. The van der Waals surface area contributed by atoms with Crippen LogP contribution in [0, 0.1) is 0 Å². The zero-order valence-corrected chi connectivity index (χ0v) is 11.7. The van der Waals surface area contributed by atoms with Gasteiger partial charge in [-0.15, -0.1) is 0 Å². The molecule has 0 aliphatic heterocycles. The fraction of sp³-hybridized carbons (Fsp3) is 0.0769. The Bertz CT molecular complexity index is 344. The minimum atomic E-state index is 0.650. The van der Waals surface area contributed by atoms with Crippen LogP contribution in [0.25, 0.3) is 0 Å². The Morgan fingerprint density at radius 1 is 0.600 bits per heavy atom. The minimum absolute atomic E-state index is 0.650. The first kappa shape index (κ1) is 11.0. The molecule has 76 valence electrons. The van der Waals surface area contributed by atoms with Gasteiger partial charge in [0.2, 0.25) is 0 Å². The van der Waals surface area contributed by atoms with E-state index in [-0.39, 0.29) is 0 Å². The first-order valence-electron chi connectivity index (χ1n) is 4.81. The van der Waals surface area contributed by atoms with Gasteiger partial charge in [-0.2, -0.15) is 0 Å². The van der Waals surface area contributed by atoms with E-state index in [2.05, 4.69) is 60.7 Å². The number of benzene rings is 2. The first-order valence-corrected chi connectivity index (χ1v) is 8.94. The predicted octanol–water partition coefficient (Wildman–Crippen LogP) is 1.42.